The molecule has 1 atom stereocenters. The van der Waals surface area contributed by atoms with Crippen LogP contribution in [0.2, 0.25) is 5.02 Å². The lowest BCUT2D eigenvalue weighted by Crippen LogP contribution is -1.98. The maximum atomic E-state index is 6.43. The molecule has 1 aromatic carbocycles. The van der Waals surface area contributed by atoms with Gasteiger partial charge in [-0.3, -0.25) is 4.40 Å². The minimum atomic E-state index is -0.132. The highest BCUT2D eigenvalue weighted by atomic mass is 35.5. The number of aromatic nitrogens is 2. The monoisotopic (exact) mass is 318 g/mol. The summed E-state index contributed by atoms with van der Waals surface area (Å²) in [6.45, 7) is 6.04. The highest BCUT2D eigenvalue weighted by Gasteiger charge is 2.19. The Balaban J connectivity index is 2.34. The summed E-state index contributed by atoms with van der Waals surface area (Å²) in [6, 6.07) is 12.0. The second kappa shape index (κ2) is 5.36. The van der Waals surface area contributed by atoms with E-state index in [0.29, 0.717) is 0 Å². The lowest BCUT2D eigenvalue weighted by Gasteiger charge is -2.10. The van der Waals surface area contributed by atoms with E-state index in [0.717, 1.165) is 38.9 Å². The van der Waals surface area contributed by atoms with E-state index in [1.165, 1.54) is 0 Å². The van der Waals surface area contributed by atoms with E-state index in [9.17, 15) is 0 Å². The van der Waals surface area contributed by atoms with Crippen LogP contribution in [0.5, 0.6) is 0 Å². The van der Waals surface area contributed by atoms with Crippen molar-refractivity contribution in [2.24, 2.45) is 0 Å². The van der Waals surface area contributed by atoms with Crippen LogP contribution in [0.4, 0.5) is 0 Å². The van der Waals surface area contributed by atoms with E-state index in [1.54, 1.807) is 0 Å². The van der Waals surface area contributed by atoms with Gasteiger partial charge < -0.3 is 0 Å². The third-order valence-electron chi connectivity index (χ3n) is 3.68. The Labute approximate surface area is 134 Å². The molecule has 2 heterocycles. The smallest absolute Gasteiger partial charge is 0.137 e. The van der Waals surface area contributed by atoms with Crippen LogP contribution >= 0.6 is 23.2 Å². The molecule has 3 aromatic rings. The van der Waals surface area contributed by atoms with Gasteiger partial charge in [-0.05, 0) is 50.6 Å². The van der Waals surface area contributed by atoms with Gasteiger partial charge in [0.05, 0.1) is 16.8 Å². The summed E-state index contributed by atoms with van der Waals surface area (Å²) in [5.41, 5.74) is 6.07. The minimum absolute atomic E-state index is 0.132. The van der Waals surface area contributed by atoms with Crippen molar-refractivity contribution < 1.29 is 0 Å². The van der Waals surface area contributed by atoms with Crippen LogP contribution < -0.4 is 0 Å². The minimum Gasteiger partial charge on any atom is -0.299 e. The number of imidazole rings is 1. The van der Waals surface area contributed by atoms with Crippen LogP contribution in [0.3, 0.4) is 0 Å². The SMILES string of the molecule is Cc1cc(-c2nc3cccc(C)n3c2C(C)Cl)ccc1Cl. The van der Waals surface area contributed by atoms with Crippen LogP contribution in [0.25, 0.3) is 16.9 Å². The van der Waals surface area contributed by atoms with Gasteiger partial charge in [0.2, 0.25) is 0 Å². The second-order valence-electron chi connectivity index (χ2n) is 5.29. The zero-order valence-corrected chi connectivity index (χ0v) is 13.7. The second-order valence-corrected chi connectivity index (χ2v) is 6.35. The number of rotatable bonds is 2. The molecule has 4 heteroatoms. The third kappa shape index (κ3) is 2.43. The maximum Gasteiger partial charge on any atom is 0.137 e. The standard InChI is InChI=1S/C17H16Cl2N2/c1-10-9-13(7-8-14(10)19)16-17(12(3)18)21-11(2)5-4-6-15(21)20-16/h4-9,12H,1-3H3. The highest BCUT2D eigenvalue weighted by molar-refractivity contribution is 6.31. The summed E-state index contributed by atoms with van der Waals surface area (Å²) in [4.78, 5) is 4.77. The van der Waals surface area contributed by atoms with E-state index in [1.807, 2.05) is 38.1 Å². The fourth-order valence-corrected chi connectivity index (χ4v) is 2.97. The predicted octanol–water partition coefficient (Wildman–Crippen LogP) is 5.57. The molecule has 1 unspecified atom stereocenters. The number of alkyl halides is 1. The largest absolute Gasteiger partial charge is 0.299 e. The average molecular weight is 319 g/mol. The zero-order chi connectivity index (χ0) is 15.1. The van der Waals surface area contributed by atoms with E-state index < -0.39 is 0 Å². The summed E-state index contributed by atoms with van der Waals surface area (Å²) < 4.78 is 2.12. The molecule has 108 valence electrons. The third-order valence-corrected chi connectivity index (χ3v) is 4.31. The Morgan fingerprint density at radius 2 is 1.90 bits per heavy atom. The predicted molar refractivity (Wildman–Crippen MR) is 89.4 cm³/mol. The summed E-state index contributed by atoms with van der Waals surface area (Å²) in [7, 11) is 0. The lowest BCUT2D eigenvalue weighted by atomic mass is 10.1. The molecule has 0 spiro atoms. The number of halogens is 2. The van der Waals surface area contributed by atoms with Crippen molar-refractivity contribution in [1.29, 1.82) is 0 Å². The van der Waals surface area contributed by atoms with Crippen molar-refractivity contribution in [3.05, 3.63) is 58.4 Å². The molecule has 0 amide bonds. The molecule has 2 nitrogen and oxygen atoms in total. The Morgan fingerprint density at radius 3 is 2.57 bits per heavy atom. The van der Waals surface area contributed by atoms with Gasteiger partial charge in [0.25, 0.3) is 0 Å². The highest BCUT2D eigenvalue weighted by Crippen LogP contribution is 2.34. The van der Waals surface area contributed by atoms with E-state index in [4.69, 9.17) is 28.2 Å². The lowest BCUT2D eigenvalue weighted by molar-refractivity contribution is 0.936. The first-order valence-electron chi connectivity index (χ1n) is 6.87. The van der Waals surface area contributed by atoms with Gasteiger partial charge >= 0.3 is 0 Å². The number of pyridine rings is 1. The Hall–Kier alpha value is -1.51. The fourth-order valence-electron chi connectivity index (χ4n) is 2.65. The molecule has 0 aliphatic rings. The van der Waals surface area contributed by atoms with Gasteiger partial charge in [0.15, 0.2) is 0 Å². The molecule has 21 heavy (non-hydrogen) atoms. The van der Waals surface area contributed by atoms with Gasteiger partial charge in [0.1, 0.15) is 5.65 Å². The number of aryl methyl sites for hydroxylation is 2. The first-order valence-corrected chi connectivity index (χ1v) is 7.69. The number of benzene rings is 1. The molecule has 0 aliphatic carbocycles. The molecule has 0 bridgehead atoms. The van der Waals surface area contributed by atoms with Gasteiger partial charge in [-0.2, -0.15) is 0 Å². The molecule has 2 aromatic heterocycles. The molecule has 0 saturated heterocycles. The topological polar surface area (TPSA) is 17.3 Å². The molecule has 0 aliphatic heterocycles. The first kappa shape index (κ1) is 14.4. The van der Waals surface area contributed by atoms with Crippen molar-refractivity contribution in [3.8, 4) is 11.3 Å². The number of fused-ring (bicyclic) bond motifs is 1. The molecule has 0 saturated carbocycles. The average Bonchev–Trinajstić information content (AvgIpc) is 2.83. The zero-order valence-electron chi connectivity index (χ0n) is 12.2. The number of nitrogens with zero attached hydrogens (tertiary/aromatic N) is 2. The Morgan fingerprint density at radius 1 is 1.14 bits per heavy atom. The van der Waals surface area contributed by atoms with Crippen molar-refractivity contribution in [2.45, 2.75) is 26.1 Å². The van der Waals surface area contributed by atoms with Crippen LogP contribution in [-0.2, 0) is 0 Å². The molecular weight excluding hydrogens is 303 g/mol. The van der Waals surface area contributed by atoms with Gasteiger partial charge in [-0.25, -0.2) is 4.98 Å². The normalized spacial score (nSPS) is 12.8. The van der Waals surface area contributed by atoms with Crippen molar-refractivity contribution >= 4 is 28.8 Å². The molecule has 3 rings (SSSR count). The van der Waals surface area contributed by atoms with E-state index >= 15 is 0 Å². The fraction of sp³-hybridized carbons (Fsp3) is 0.235. The van der Waals surface area contributed by atoms with Gasteiger partial charge in [-0.1, -0.05) is 23.7 Å². The molecule has 0 N–H and O–H groups in total. The van der Waals surface area contributed by atoms with Crippen molar-refractivity contribution in [2.75, 3.05) is 0 Å². The Bertz CT molecular complexity index is 819. The molecule has 0 fully saturated rings. The summed E-state index contributed by atoms with van der Waals surface area (Å²) in [5, 5.41) is 0.631. The number of hydrogen-bond acceptors (Lipinski definition) is 1. The first-order chi connectivity index (χ1) is 9.99. The van der Waals surface area contributed by atoms with Crippen LogP contribution in [0, 0.1) is 13.8 Å². The van der Waals surface area contributed by atoms with Gasteiger partial charge in [-0.15, -0.1) is 11.6 Å². The van der Waals surface area contributed by atoms with Gasteiger partial charge in [0, 0.05) is 16.3 Å². The summed E-state index contributed by atoms with van der Waals surface area (Å²) in [5.74, 6) is 0. The van der Waals surface area contributed by atoms with Crippen LogP contribution in [-0.4, -0.2) is 9.38 Å². The summed E-state index contributed by atoms with van der Waals surface area (Å²) >= 11 is 12.6. The number of hydrogen-bond donors (Lipinski definition) is 0. The van der Waals surface area contributed by atoms with E-state index in [-0.39, 0.29) is 5.38 Å². The Kier molecular flexibility index (Phi) is 3.68. The van der Waals surface area contributed by atoms with Crippen molar-refractivity contribution in [1.82, 2.24) is 9.38 Å². The maximum absolute atomic E-state index is 6.43. The van der Waals surface area contributed by atoms with Crippen LogP contribution in [0.1, 0.15) is 29.3 Å². The van der Waals surface area contributed by atoms with E-state index in [2.05, 4.69) is 23.5 Å². The molecular formula is C17H16Cl2N2. The quantitative estimate of drug-likeness (QED) is 0.564. The summed E-state index contributed by atoms with van der Waals surface area (Å²) in [6.07, 6.45) is 0. The molecule has 0 radical (unpaired) electrons. The van der Waals surface area contributed by atoms with Crippen LogP contribution in [0.15, 0.2) is 36.4 Å². The van der Waals surface area contributed by atoms with Crippen molar-refractivity contribution in [3.63, 3.8) is 0 Å².